The third-order valence-electron chi connectivity index (χ3n) is 3.45. The molecule has 1 amide bonds. The summed E-state index contributed by atoms with van der Waals surface area (Å²) in [4.78, 5) is 14.0. The van der Waals surface area contributed by atoms with E-state index in [2.05, 4.69) is 0 Å². The number of carbonyl (C=O) groups is 1. The molecule has 1 saturated heterocycles. The topological polar surface area (TPSA) is 38.8 Å². The molecule has 110 valence electrons. The van der Waals surface area contributed by atoms with Crippen molar-refractivity contribution in [1.29, 1.82) is 0 Å². The number of aryl methyl sites for hydroxylation is 1. The van der Waals surface area contributed by atoms with Crippen LogP contribution in [0.1, 0.15) is 12.0 Å². The van der Waals surface area contributed by atoms with Crippen LogP contribution in [0.15, 0.2) is 24.3 Å². The van der Waals surface area contributed by atoms with Crippen LogP contribution in [0.5, 0.6) is 5.75 Å². The van der Waals surface area contributed by atoms with Crippen LogP contribution < -0.4 is 4.74 Å². The standard InChI is InChI=1S/C15H20ClNO3/c1-19-13-5-2-12(3-6-13)4-7-15(18)17-8-9-20-14(10-16)11-17/h2-3,5-6,14H,4,7-11H2,1H3. The van der Waals surface area contributed by atoms with E-state index in [1.807, 2.05) is 29.2 Å². The smallest absolute Gasteiger partial charge is 0.223 e. The lowest BCUT2D eigenvalue weighted by molar-refractivity contribution is -0.137. The summed E-state index contributed by atoms with van der Waals surface area (Å²) in [6.45, 7) is 1.84. The molecule has 0 aromatic heterocycles. The highest BCUT2D eigenvalue weighted by atomic mass is 35.5. The molecule has 5 heteroatoms. The van der Waals surface area contributed by atoms with Gasteiger partial charge in [-0.2, -0.15) is 0 Å². The maximum Gasteiger partial charge on any atom is 0.223 e. The van der Waals surface area contributed by atoms with Gasteiger partial charge >= 0.3 is 0 Å². The lowest BCUT2D eigenvalue weighted by Crippen LogP contribution is -2.46. The van der Waals surface area contributed by atoms with E-state index >= 15 is 0 Å². The molecule has 0 aliphatic carbocycles. The highest BCUT2D eigenvalue weighted by Gasteiger charge is 2.23. The van der Waals surface area contributed by atoms with E-state index in [4.69, 9.17) is 21.1 Å². The van der Waals surface area contributed by atoms with Crippen LogP contribution in [0.3, 0.4) is 0 Å². The van der Waals surface area contributed by atoms with Gasteiger partial charge in [0.15, 0.2) is 0 Å². The minimum absolute atomic E-state index is 0.0321. The third kappa shape index (κ3) is 4.12. The summed E-state index contributed by atoms with van der Waals surface area (Å²) in [5, 5.41) is 0. The first kappa shape index (κ1) is 15.1. The number of amides is 1. The number of hydrogen-bond acceptors (Lipinski definition) is 3. The summed E-state index contributed by atoms with van der Waals surface area (Å²) in [6, 6.07) is 7.82. The first-order valence-electron chi connectivity index (χ1n) is 6.81. The maximum atomic E-state index is 12.2. The second kappa shape index (κ2) is 7.50. The molecule has 2 rings (SSSR count). The molecule has 0 radical (unpaired) electrons. The Balaban J connectivity index is 1.81. The van der Waals surface area contributed by atoms with Gasteiger partial charge in [-0.3, -0.25) is 4.79 Å². The van der Waals surface area contributed by atoms with Gasteiger partial charge in [-0.15, -0.1) is 11.6 Å². The lowest BCUT2D eigenvalue weighted by atomic mass is 10.1. The number of carbonyl (C=O) groups excluding carboxylic acids is 1. The fourth-order valence-electron chi connectivity index (χ4n) is 2.24. The van der Waals surface area contributed by atoms with Crippen LogP contribution in [-0.4, -0.2) is 49.6 Å². The highest BCUT2D eigenvalue weighted by Crippen LogP contribution is 2.14. The minimum Gasteiger partial charge on any atom is -0.497 e. The Morgan fingerprint density at radius 3 is 2.85 bits per heavy atom. The van der Waals surface area contributed by atoms with Gasteiger partial charge in [-0.05, 0) is 24.1 Å². The monoisotopic (exact) mass is 297 g/mol. The molecular formula is C15H20ClNO3. The number of benzene rings is 1. The number of nitrogens with zero attached hydrogens (tertiary/aromatic N) is 1. The number of ether oxygens (including phenoxy) is 2. The normalized spacial score (nSPS) is 18.9. The molecule has 20 heavy (non-hydrogen) atoms. The summed E-state index contributed by atoms with van der Waals surface area (Å²) >= 11 is 5.78. The molecule has 1 aromatic rings. The van der Waals surface area contributed by atoms with Crippen molar-refractivity contribution in [2.24, 2.45) is 0 Å². The van der Waals surface area contributed by atoms with Crippen molar-refractivity contribution < 1.29 is 14.3 Å². The minimum atomic E-state index is -0.0321. The third-order valence-corrected chi connectivity index (χ3v) is 3.79. The molecule has 0 bridgehead atoms. The average molecular weight is 298 g/mol. The van der Waals surface area contributed by atoms with Crippen molar-refractivity contribution >= 4 is 17.5 Å². The van der Waals surface area contributed by atoms with Gasteiger partial charge in [0.25, 0.3) is 0 Å². The highest BCUT2D eigenvalue weighted by molar-refractivity contribution is 6.18. The van der Waals surface area contributed by atoms with Crippen molar-refractivity contribution in [3.05, 3.63) is 29.8 Å². The van der Waals surface area contributed by atoms with E-state index in [0.29, 0.717) is 32.0 Å². The van der Waals surface area contributed by atoms with Crippen molar-refractivity contribution in [2.75, 3.05) is 32.7 Å². The molecule has 1 aliphatic rings. The van der Waals surface area contributed by atoms with Crippen LogP contribution >= 0.6 is 11.6 Å². The van der Waals surface area contributed by atoms with Gasteiger partial charge in [0.1, 0.15) is 5.75 Å². The Morgan fingerprint density at radius 2 is 2.20 bits per heavy atom. The van der Waals surface area contributed by atoms with Crippen LogP contribution in [0.4, 0.5) is 0 Å². The van der Waals surface area contributed by atoms with Crippen molar-refractivity contribution in [3.8, 4) is 5.75 Å². The average Bonchev–Trinajstić information content (AvgIpc) is 2.53. The fraction of sp³-hybridized carbons (Fsp3) is 0.533. The van der Waals surface area contributed by atoms with Crippen LogP contribution in [0, 0.1) is 0 Å². The predicted molar refractivity (Wildman–Crippen MR) is 78.4 cm³/mol. The Hall–Kier alpha value is -1.26. The molecule has 1 unspecified atom stereocenters. The summed E-state index contributed by atoms with van der Waals surface area (Å²) < 4.78 is 10.6. The van der Waals surface area contributed by atoms with Crippen LogP contribution in [0.25, 0.3) is 0 Å². The summed E-state index contributed by atoms with van der Waals surface area (Å²) in [7, 11) is 1.64. The van der Waals surface area contributed by atoms with Gasteiger partial charge in [0.05, 0.1) is 25.7 Å². The maximum absolute atomic E-state index is 12.2. The first-order valence-corrected chi connectivity index (χ1v) is 7.34. The zero-order chi connectivity index (χ0) is 14.4. The summed E-state index contributed by atoms with van der Waals surface area (Å²) in [5.74, 6) is 1.43. The molecule has 1 fully saturated rings. The zero-order valence-corrected chi connectivity index (χ0v) is 12.4. The molecule has 4 nitrogen and oxygen atoms in total. The second-order valence-electron chi connectivity index (χ2n) is 4.83. The molecule has 0 saturated carbocycles. The van der Waals surface area contributed by atoms with Crippen LogP contribution in [0.2, 0.25) is 0 Å². The molecule has 0 spiro atoms. The molecule has 1 aromatic carbocycles. The van der Waals surface area contributed by atoms with Gasteiger partial charge in [-0.25, -0.2) is 0 Å². The Labute approximate surface area is 124 Å². The van der Waals surface area contributed by atoms with Crippen LogP contribution in [-0.2, 0) is 16.0 Å². The molecule has 1 heterocycles. The van der Waals surface area contributed by atoms with Crippen molar-refractivity contribution in [3.63, 3.8) is 0 Å². The largest absolute Gasteiger partial charge is 0.497 e. The number of hydrogen-bond donors (Lipinski definition) is 0. The van der Waals surface area contributed by atoms with Gasteiger partial charge in [0.2, 0.25) is 5.91 Å². The van der Waals surface area contributed by atoms with Gasteiger partial charge in [0, 0.05) is 19.5 Å². The zero-order valence-electron chi connectivity index (χ0n) is 11.7. The number of methoxy groups -OCH3 is 1. The van der Waals surface area contributed by atoms with E-state index in [-0.39, 0.29) is 12.0 Å². The lowest BCUT2D eigenvalue weighted by Gasteiger charge is -2.32. The van der Waals surface area contributed by atoms with E-state index in [0.717, 1.165) is 17.7 Å². The van der Waals surface area contributed by atoms with Gasteiger partial charge in [-0.1, -0.05) is 12.1 Å². The molecular weight excluding hydrogens is 278 g/mol. The van der Waals surface area contributed by atoms with E-state index in [9.17, 15) is 4.79 Å². The molecule has 1 atom stereocenters. The molecule has 1 aliphatic heterocycles. The first-order chi connectivity index (χ1) is 9.72. The SMILES string of the molecule is COc1ccc(CCC(=O)N2CCOC(CCl)C2)cc1. The predicted octanol–water partition coefficient (Wildman–Crippen LogP) is 2.09. The van der Waals surface area contributed by atoms with Crippen molar-refractivity contribution in [1.82, 2.24) is 4.90 Å². The van der Waals surface area contributed by atoms with E-state index < -0.39 is 0 Å². The summed E-state index contributed by atoms with van der Waals surface area (Å²) in [6.07, 6.45) is 1.22. The van der Waals surface area contributed by atoms with Gasteiger partial charge < -0.3 is 14.4 Å². The number of alkyl halides is 1. The number of halogens is 1. The number of rotatable bonds is 5. The van der Waals surface area contributed by atoms with Crippen molar-refractivity contribution in [2.45, 2.75) is 18.9 Å². The van der Waals surface area contributed by atoms with E-state index in [1.54, 1.807) is 7.11 Å². The number of morpholine rings is 1. The summed E-state index contributed by atoms with van der Waals surface area (Å²) in [5.41, 5.74) is 1.14. The fourth-order valence-corrected chi connectivity index (χ4v) is 2.43. The molecule has 0 N–H and O–H groups in total. The Bertz CT molecular complexity index is 435. The Morgan fingerprint density at radius 1 is 1.45 bits per heavy atom. The van der Waals surface area contributed by atoms with E-state index in [1.165, 1.54) is 0 Å². The second-order valence-corrected chi connectivity index (χ2v) is 5.14. The Kier molecular flexibility index (Phi) is 5.68. The quantitative estimate of drug-likeness (QED) is 0.781.